The highest BCUT2D eigenvalue weighted by Gasteiger charge is 2.08. The number of anilines is 4. The van der Waals surface area contributed by atoms with E-state index >= 15 is 0 Å². The molecule has 6 heteroatoms. The van der Waals surface area contributed by atoms with Gasteiger partial charge in [0.25, 0.3) is 0 Å². The summed E-state index contributed by atoms with van der Waals surface area (Å²) < 4.78 is 0. The molecule has 0 aliphatic carbocycles. The zero-order valence-electron chi connectivity index (χ0n) is 12.4. The molecule has 0 amide bonds. The van der Waals surface area contributed by atoms with Crippen molar-refractivity contribution in [3.63, 3.8) is 0 Å². The van der Waals surface area contributed by atoms with Crippen LogP contribution in [0.5, 0.6) is 0 Å². The molecule has 1 N–H and O–H groups in total. The zero-order valence-corrected chi connectivity index (χ0v) is 13.9. The van der Waals surface area contributed by atoms with Gasteiger partial charge in [-0.15, -0.1) is 0 Å². The van der Waals surface area contributed by atoms with Gasteiger partial charge in [-0.1, -0.05) is 41.4 Å². The molecule has 0 aliphatic heterocycles. The molecule has 3 aromatic rings. The van der Waals surface area contributed by atoms with Gasteiger partial charge in [0.15, 0.2) is 0 Å². The minimum atomic E-state index is 0.453. The average molecular weight is 345 g/mol. The molecule has 4 nitrogen and oxygen atoms in total. The van der Waals surface area contributed by atoms with E-state index in [2.05, 4.69) is 15.3 Å². The Morgan fingerprint density at radius 3 is 2.57 bits per heavy atom. The van der Waals surface area contributed by atoms with Gasteiger partial charge in [-0.3, -0.25) is 0 Å². The molecule has 1 heterocycles. The molecule has 0 unspecified atom stereocenters. The summed E-state index contributed by atoms with van der Waals surface area (Å²) in [7, 11) is 1.95. The summed E-state index contributed by atoms with van der Waals surface area (Å²) in [6.07, 6.45) is 1.70. The molecule has 0 spiro atoms. The van der Waals surface area contributed by atoms with Gasteiger partial charge in [0.2, 0.25) is 5.95 Å². The second-order valence-electron chi connectivity index (χ2n) is 4.88. The third-order valence-corrected chi connectivity index (χ3v) is 3.87. The lowest BCUT2D eigenvalue weighted by Crippen LogP contribution is -2.12. The number of benzene rings is 2. The summed E-state index contributed by atoms with van der Waals surface area (Å²) in [4.78, 5) is 10.7. The molecular formula is C17H14Cl2N4. The van der Waals surface area contributed by atoms with Crippen molar-refractivity contribution in [3.05, 3.63) is 70.8 Å². The van der Waals surface area contributed by atoms with E-state index in [1.165, 1.54) is 0 Å². The van der Waals surface area contributed by atoms with Crippen LogP contribution in [-0.4, -0.2) is 17.0 Å². The lowest BCUT2D eigenvalue weighted by atomic mass is 10.3. The first-order chi connectivity index (χ1) is 11.1. The van der Waals surface area contributed by atoms with Crippen molar-refractivity contribution in [2.75, 3.05) is 17.3 Å². The van der Waals surface area contributed by atoms with E-state index < -0.39 is 0 Å². The highest BCUT2D eigenvalue weighted by Crippen LogP contribution is 2.28. The van der Waals surface area contributed by atoms with Gasteiger partial charge in [-0.25, -0.2) is 4.98 Å². The maximum absolute atomic E-state index is 6.16. The Balaban J connectivity index is 1.87. The van der Waals surface area contributed by atoms with Crippen LogP contribution < -0.4 is 10.2 Å². The summed E-state index contributed by atoms with van der Waals surface area (Å²) >= 11 is 12.2. The Bertz CT molecular complexity index is 809. The standard InChI is InChI=1S/C17H14Cl2N4/c1-23(13-5-3-2-4-6-13)16-9-10-20-17(22-16)21-15-11-12(18)7-8-14(15)19/h2-11H,1H3,(H,20,21,22). The topological polar surface area (TPSA) is 41.1 Å². The molecule has 0 radical (unpaired) electrons. The molecule has 23 heavy (non-hydrogen) atoms. The summed E-state index contributed by atoms with van der Waals surface area (Å²) in [6.45, 7) is 0. The van der Waals surface area contributed by atoms with Crippen molar-refractivity contribution in [3.8, 4) is 0 Å². The van der Waals surface area contributed by atoms with Crippen LogP contribution in [0.25, 0.3) is 0 Å². The van der Waals surface area contributed by atoms with Crippen LogP contribution in [0, 0.1) is 0 Å². The molecule has 0 saturated carbocycles. The molecule has 0 fully saturated rings. The Kier molecular flexibility index (Phi) is 4.65. The molecular weight excluding hydrogens is 331 g/mol. The number of para-hydroxylation sites is 1. The fourth-order valence-corrected chi connectivity index (χ4v) is 2.43. The summed E-state index contributed by atoms with van der Waals surface area (Å²) in [5.41, 5.74) is 1.71. The third kappa shape index (κ3) is 3.73. The predicted molar refractivity (Wildman–Crippen MR) is 96.3 cm³/mol. The van der Waals surface area contributed by atoms with Crippen LogP contribution in [-0.2, 0) is 0 Å². The number of rotatable bonds is 4. The number of nitrogens with zero attached hydrogens (tertiary/aromatic N) is 3. The smallest absolute Gasteiger partial charge is 0.229 e. The highest BCUT2D eigenvalue weighted by molar-refractivity contribution is 6.35. The van der Waals surface area contributed by atoms with Gasteiger partial charge >= 0.3 is 0 Å². The van der Waals surface area contributed by atoms with Gasteiger partial charge in [-0.05, 0) is 36.4 Å². The van der Waals surface area contributed by atoms with Crippen molar-refractivity contribution in [2.24, 2.45) is 0 Å². The number of hydrogen-bond acceptors (Lipinski definition) is 4. The minimum absolute atomic E-state index is 0.453. The van der Waals surface area contributed by atoms with Crippen molar-refractivity contribution in [1.29, 1.82) is 0 Å². The van der Waals surface area contributed by atoms with E-state index in [1.54, 1.807) is 24.4 Å². The maximum Gasteiger partial charge on any atom is 0.229 e. The van der Waals surface area contributed by atoms with Crippen molar-refractivity contribution in [1.82, 2.24) is 9.97 Å². The van der Waals surface area contributed by atoms with E-state index in [4.69, 9.17) is 23.2 Å². The molecule has 0 saturated heterocycles. The fraction of sp³-hybridized carbons (Fsp3) is 0.0588. The summed E-state index contributed by atoms with van der Waals surface area (Å²) in [6, 6.07) is 17.0. The second-order valence-corrected chi connectivity index (χ2v) is 5.73. The van der Waals surface area contributed by atoms with E-state index in [0.29, 0.717) is 21.7 Å². The summed E-state index contributed by atoms with van der Waals surface area (Å²) in [5.74, 6) is 1.22. The van der Waals surface area contributed by atoms with Crippen molar-refractivity contribution < 1.29 is 0 Å². The van der Waals surface area contributed by atoms with Gasteiger partial charge in [0.1, 0.15) is 5.82 Å². The molecule has 0 bridgehead atoms. The lowest BCUT2D eigenvalue weighted by Gasteiger charge is -2.18. The van der Waals surface area contributed by atoms with E-state index in [9.17, 15) is 0 Å². The van der Waals surface area contributed by atoms with Crippen LogP contribution in [0.15, 0.2) is 60.8 Å². The summed E-state index contributed by atoms with van der Waals surface area (Å²) in [5, 5.41) is 4.24. The first kappa shape index (κ1) is 15.6. The Hall–Kier alpha value is -2.30. The van der Waals surface area contributed by atoms with Crippen molar-refractivity contribution >= 4 is 46.3 Å². The zero-order chi connectivity index (χ0) is 16.2. The van der Waals surface area contributed by atoms with Gasteiger partial charge in [0.05, 0.1) is 10.7 Å². The monoisotopic (exact) mass is 344 g/mol. The third-order valence-electron chi connectivity index (χ3n) is 3.30. The highest BCUT2D eigenvalue weighted by atomic mass is 35.5. The van der Waals surface area contributed by atoms with Crippen LogP contribution in [0.3, 0.4) is 0 Å². The van der Waals surface area contributed by atoms with Crippen LogP contribution in [0.4, 0.5) is 23.1 Å². The Morgan fingerprint density at radius 2 is 1.78 bits per heavy atom. The first-order valence-electron chi connectivity index (χ1n) is 6.97. The van der Waals surface area contributed by atoms with Gasteiger partial charge in [0, 0.05) is 24.0 Å². The van der Waals surface area contributed by atoms with E-state index in [-0.39, 0.29) is 0 Å². The Morgan fingerprint density at radius 1 is 1.00 bits per heavy atom. The second kappa shape index (κ2) is 6.86. The molecule has 2 aromatic carbocycles. The van der Waals surface area contributed by atoms with E-state index in [1.807, 2.05) is 48.3 Å². The average Bonchev–Trinajstić information content (AvgIpc) is 2.58. The van der Waals surface area contributed by atoms with Crippen LogP contribution in [0.1, 0.15) is 0 Å². The number of aromatic nitrogens is 2. The minimum Gasteiger partial charge on any atom is -0.329 e. The SMILES string of the molecule is CN(c1ccccc1)c1ccnc(Nc2cc(Cl)ccc2Cl)n1. The molecule has 0 aliphatic rings. The normalized spacial score (nSPS) is 10.4. The van der Waals surface area contributed by atoms with Crippen LogP contribution in [0.2, 0.25) is 10.0 Å². The predicted octanol–water partition coefficient (Wildman–Crippen LogP) is 5.29. The largest absolute Gasteiger partial charge is 0.329 e. The number of halogens is 2. The molecule has 0 atom stereocenters. The lowest BCUT2D eigenvalue weighted by molar-refractivity contribution is 1.08. The number of nitrogens with one attached hydrogen (secondary N) is 1. The molecule has 116 valence electrons. The Labute approximate surface area is 144 Å². The van der Waals surface area contributed by atoms with E-state index in [0.717, 1.165) is 11.5 Å². The first-order valence-corrected chi connectivity index (χ1v) is 7.73. The quantitative estimate of drug-likeness (QED) is 0.697. The van der Waals surface area contributed by atoms with Crippen molar-refractivity contribution in [2.45, 2.75) is 0 Å². The number of hydrogen-bond donors (Lipinski definition) is 1. The van der Waals surface area contributed by atoms with Gasteiger partial charge in [-0.2, -0.15) is 4.98 Å². The molecule has 1 aromatic heterocycles. The fourth-order valence-electron chi connectivity index (χ4n) is 2.09. The van der Waals surface area contributed by atoms with Gasteiger partial charge < -0.3 is 10.2 Å². The molecule has 3 rings (SSSR count). The van der Waals surface area contributed by atoms with Crippen LogP contribution >= 0.6 is 23.2 Å². The maximum atomic E-state index is 6.16.